The van der Waals surface area contributed by atoms with Crippen LogP contribution in [-0.2, 0) is 12.8 Å². The van der Waals surface area contributed by atoms with E-state index in [1.165, 1.54) is 39.8 Å². The maximum absolute atomic E-state index is 13.4. The summed E-state index contributed by atoms with van der Waals surface area (Å²) < 4.78 is 20.1. The van der Waals surface area contributed by atoms with Crippen LogP contribution in [0, 0.1) is 5.82 Å². The molecule has 0 spiro atoms. The van der Waals surface area contributed by atoms with E-state index in [2.05, 4.69) is 4.98 Å². The minimum atomic E-state index is -0.313. The Hall–Kier alpha value is -1.86. The molecule has 0 aliphatic heterocycles. The van der Waals surface area contributed by atoms with Gasteiger partial charge in [-0.25, -0.2) is 9.37 Å². The van der Waals surface area contributed by atoms with Crippen LogP contribution < -0.4 is 10.3 Å². The fraction of sp³-hybridized carbons (Fsp3) is 0.200. The number of thiophene rings is 1. The monoisotopic (exact) mass is 336 g/mol. The van der Waals surface area contributed by atoms with E-state index in [4.69, 9.17) is 4.74 Å². The summed E-state index contributed by atoms with van der Waals surface area (Å²) in [6, 6.07) is 6.17. The van der Waals surface area contributed by atoms with Gasteiger partial charge < -0.3 is 4.74 Å². The van der Waals surface area contributed by atoms with Crippen molar-refractivity contribution < 1.29 is 9.13 Å². The number of thioether (sulfide) groups is 1. The first kappa shape index (κ1) is 15.1. The topological polar surface area (TPSA) is 44.1 Å². The van der Waals surface area contributed by atoms with E-state index in [1.807, 2.05) is 5.38 Å². The van der Waals surface area contributed by atoms with E-state index in [0.29, 0.717) is 22.0 Å². The maximum atomic E-state index is 13.4. The Kier molecular flexibility index (Phi) is 4.17. The minimum absolute atomic E-state index is 0.0695. The van der Waals surface area contributed by atoms with E-state index in [9.17, 15) is 9.18 Å². The van der Waals surface area contributed by atoms with Crippen molar-refractivity contribution in [2.45, 2.75) is 10.9 Å². The van der Waals surface area contributed by atoms with Gasteiger partial charge in [0.15, 0.2) is 5.16 Å². The number of fused-ring (bicyclic) bond motifs is 1. The van der Waals surface area contributed by atoms with Crippen LogP contribution in [0.1, 0.15) is 5.56 Å². The number of nitrogens with zero attached hydrogens (tertiary/aromatic N) is 2. The Bertz CT molecular complexity index is 889. The van der Waals surface area contributed by atoms with Crippen molar-refractivity contribution in [2.75, 3.05) is 7.11 Å². The molecule has 3 rings (SSSR count). The van der Waals surface area contributed by atoms with Gasteiger partial charge in [0, 0.05) is 18.4 Å². The standard InChI is InChI=1S/C15H13FN2O2S2/c1-18-14(19)11-5-6-21-13(11)17-15(18)22-8-9-7-10(16)3-4-12(9)20-2/h3-7H,8H2,1-2H3. The van der Waals surface area contributed by atoms with Gasteiger partial charge in [0.25, 0.3) is 5.56 Å². The smallest absolute Gasteiger partial charge is 0.262 e. The normalized spacial score (nSPS) is 11.0. The SMILES string of the molecule is COc1ccc(F)cc1CSc1nc2sccc2c(=O)n1C. The zero-order valence-corrected chi connectivity index (χ0v) is 13.6. The molecule has 0 saturated heterocycles. The summed E-state index contributed by atoms with van der Waals surface area (Å²) >= 11 is 2.82. The fourth-order valence-electron chi connectivity index (χ4n) is 2.11. The highest BCUT2D eigenvalue weighted by Crippen LogP contribution is 2.28. The van der Waals surface area contributed by atoms with E-state index in [0.717, 1.165) is 10.4 Å². The lowest BCUT2D eigenvalue weighted by atomic mass is 10.2. The van der Waals surface area contributed by atoms with E-state index >= 15 is 0 Å². The Morgan fingerprint density at radius 1 is 1.41 bits per heavy atom. The van der Waals surface area contributed by atoms with Crippen molar-refractivity contribution in [1.29, 1.82) is 0 Å². The average molecular weight is 336 g/mol. The molecule has 22 heavy (non-hydrogen) atoms. The summed E-state index contributed by atoms with van der Waals surface area (Å²) in [6.07, 6.45) is 0. The molecule has 0 bridgehead atoms. The molecule has 3 aromatic rings. The van der Waals surface area contributed by atoms with Crippen LogP contribution in [-0.4, -0.2) is 16.7 Å². The third kappa shape index (κ3) is 2.74. The number of methoxy groups -OCH3 is 1. The van der Waals surface area contributed by atoms with Gasteiger partial charge in [-0.05, 0) is 29.6 Å². The van der Waals surface area contributed by atoms with Gasteiger partial charge in [-0.1, -0.05) is 11.8 Å². The molecule has 7 heteroatoms. The number of hydrogen-bond acceptors (Lipinski definition) is 5. The van der Waals surface area contributed by atoms with Gasteiger partial charge in [0.05, 0.1) is 12.5 Å². The number of benzene rings is 1. The van der Waals surface area contributed by atoms with Crippen LogP contribution in [0.5, 0.6) is 5.75 Å². The van der Waals surface area contributed by atoms with Gasteiger partial charge in [0.2, 0.25) is 0 Å². The number of halogens is 1. The van der Waals surface area contributed by atoms with E-state index in [-0.39, 0.29) is 11.4 Å². The molecule has 0 amide bonds. The summed E-state index contributed by atoms with van der Waals surface area (Å²) in [5.41, 5.74) is 0.660. The Balaban J connectivity index is 1.93. The average Bonchev–Trinajstić information content (AvgIpc) is 2.98. The van der Waals surface area contributed by atoms with Gasteiger partial charge in [-0.2, -0.15) is 0 Å². The van der Waals surface area contributed by atoms with E-state index in [1.54, 1.807) is 26.3 Å². The lowest BCUT2D eigenvalue weighted by Crippen LogP contribution is -2.19. The second-order valence-electron chi connectivity index (χ2n) is 4.64. The van der Waals surface area contributed by atoms with Crippen LogP contribution >= 0.6 is 23.1 Å². The van der Waals surface area contributed by atoms with Crippen molar-refractivity contribution in [3.8, 4) is 5.75 Å². The molecule has 0 radical (unpaired) electrons. The molecule has 0 fully saturated rings. The zero-order valence-electron chi connectivity index (χ0n) is 12.0. The van der Waals surface area contributed by atoms with Gasteiger partial charge in [-0.3, -0.25) is 9.36 Å². The van der Waals surface area contributed by atoms with Crippen LogP contribution in [0.3, 0.4) is 0 Å². The highest BCUT2D eigenvalue weighted by atomic mass is 32.2. The molecular formula is C15H13FN2O2S2. The van der Waals surface area contributed by atoms with Crippen LogP contribution in [0.4, 0.5) is 4.39 Å². The highest BCUT2D eigenvalue weighted by Gasteiger charge is 2.11. The molecular weight excluding hydrogens is 323 g/mol. The predicted molar refractivity (Wildman–Crippen MR) is 87.4 cm³/mol. The van der Waals surface area contributed by atoms with Crippen molar-refractivity contribution in [3.05, 3.63) is 51.4 Å². The largest absolute Gasteiger partial charge is 0.496 e. The number of rotatable bonds is 4. The third-order valence-corrected chi connectivity index (χ3v) is 5.15. The van der Waals surface area contributed by atoms with Crippen molar-refractivity contribution in [1.82, 2.24) is 9.55 Å². The van der Waals surface area contributed by atoms with Crippen molar-refractivity contribution >= 4 is 33.3 Å². The van der Waals surface area contributed by atoms with Crippen LogP contribution in [0.25, 0.3) is 10.2 Å². The molecule has 1 aromatic carbocycles. The first-order chi connectivity index (χ1) is 10.6. The van der Waals surface area contributed by atoms with Gasteiger partial charge in [-0.15, -0.1) is 11.3 Å². The first-order valence-electron chi connectivity index (χ1n) is 6.49. The summed E-state index contributed by atoms with van der Waals surface area (Å²) in [5, 5.41) is 3.08. The number of hydrogen-bond donors (Lipinski definition) is 0. The molecule has 0 N–H and O–H groups in total. The minimum Gasteiger partial charge on any atom is -0.496 e. The molecule has 0 aliphatic rings. The summed E-state index contributed by atoms with van der Waals surface area (Å²) in [4.78, 5) is 17.4. The Morgan fingerprint density at radius 3 is 3.00 bits per heavy atom. The predicted octanol–water partition coefficient (Wildman–Crippen LogP) is 3.44. The third-order valence-electron chi connectivity index (χ3n) is 3.26. The molecule has 0 unspecified atom stereocenters. The molecule has 2 aromatic heterocycles. The summed E-state index contributed by atoms with van der Waals surface area (Å²) in [5.74, 6) is 0.779. The quantitative estimate of drug-likeness (QED) is 0.541. The Morgan fingerprint density at radius 2 is 2.23 bits per heavy atom. The fourth-order valence-corrected chi connectivity index (χ4v) is 3.87. The second-order valence-corrected chi connectivity index (χ2v) is 6.48. The second kappa shape index (κ2) is 6.10. The molecule has 114 valence electrons. The molecule has 2 heterocycles. The van der Waals surface area contributed by atoms with Gasteiger partial charge in [0.1, 0.15) is 16.4 Å². The van der Waals surface area contributed by atoms with Crippen LogP contribution in [0.2, 0.25) is 0 Å². The van der Waals surface area contributed by atoms with Crippen molar-refractivity contribution in [2.24, 2.45) is 7.05 Å². The highest BCUT2D eigenvalue weighted by molar-refractivity contribution is 7.98. The number of aromatic nitrogens is 2. The summed E-state index contributed by atoms with van der Waals surface area (Å²) in [7, 11) is 3.24. The summed E-state index contributed by atoms with van der Waals surface area (Å²) in [6.45, 7) is 0. The first-order valence-corrected chi connectivity index (χ1v) is 8.36. The van der Waals surface area contributed by atoms with Gasteiger partial charge >= 0.3 is 0 Å². The molecule has 0 saturated carbocycles. The van der Waals surface area contributed by atoms with E-state index < -0.39 is 0 Å². The number of ether oxygens (including phenoxy) is 1. The van der Waals surface area contributed by atoms with Crippen molar-refractivity contribution in [3.63, 3.8) is 0 Å². The molecule has 4 nitrogen and oxygen atoms in total. The lowest BCUT2D eigenvalue weighted by molar-refractivity contribution is 0.410. The molecule has 0 atom stereocenters. The Labute approximate surface area is 134 Å². The molecule has 0 aliphatic carbocycles. The zero-order chi connectivity index (χ0) is 15.7. The van der Waals surface area contributed by atoms with Crippen LogP contribution in [0.15, 0.2) is 39.6 Å². The maximum Gasteiger partial charge on any atom is 0.262 e. The lowest BCUT2D eigenvalue weighted by Gasteiger charge is -2.10.